The van der Waals surface area contributed by atoms with Gasteiger partial charge in [-0.25, -0.2) is 4.98 Å². The summed E-state index contributed by atoms with van der Waals surface area (Å²) in [6.45, 7) is 2.31. The van der Waals surface area contributed by atoms with E-state index in [2.05, 4.69) is 22.5 Å². The highest BCUT2D eigenvalue weighted by Crippen LogP contribution is 2.37. The number of nitrogen functional groups attached to an aromatic ring is 1. The predicted molar refractivity (Wildman–Crippen MR) is 75.4 cm³/mol. The molecule has 1 heterocycles. The summed E-state index contributed by atoms with van der Waals surface area (Å²) in [7, 11) is 0. The minimum absolute atomic E-state index is 0.623. The zero-order valence-corrected chi connectivity index (χ0v) is 11.0. The maximum absolute atomic E-state index is 5.82. The number of benzene rings is 1. The average molecular weight is 243 g/mol. The van der Waals surface area contributed by atoms with E-state index in [0.29, 0.717) is 6.04 Å². The standard InChI is InChI=1S/C15H21N3/c1-2-11-5-3-4-6-14(11)18-10-17-13-9-12(16)7-8-15(13)18/h7-11,14H,2-6,16H2,1H3. The molecule has 3 heteroatoms. The Hall–Kier alpha value is -1.51. The van der Waals surface area contributed by atoms with E-state index in [1.165, 1.54) is 37.6 Å². The zero-order valence-electron chi connectivity index (χ0n) is 11.0. The fourth-order valence-electron chi connectivity index (χ4n) is 3.34. The van der Waals surface area contributed by atoms with Gasteiger partial charge in [0.25, 0.3) is 0 Å². The molecule has 0 bridgehead atoms. The van der Waals surface area contributed by atoms with E-state index in [9.17, 15) is 0 Å². The molecule has 0 saturated heterocycles. The molecule has 0 spiro atoms. The van der Waals surface area contributed by atoms with Crippen LogP contribution in [0.25, 0.3) is 11.0 Å². The second-order valence-corrected chi connectivity index (χ2v) is 5.42. The second-order valence-electron chi connectivity index (χ2n) is 5.42. The van der Waals surface area contributed by atoms with Gasteiger partial charge in [0, 0.05) is 11.7 Å². The summed E-state index contributed by atoms with van der Waals surface area (Å²) in [6.07, 6.45) is 8.64. The molecule has 1 aromatic carbocycles. The molecular formula is C15H21N3. The van der Waals surface area contributed by atoms with Crippen LogP contribution in [0.15, 0.2) is 24.5 Å². The third kappa shape index (κ3) is 1.88. The number of fused-ring (bicyclic) bond motifs is 1. The monoisotopic (exact) mass is 243 g/mol. The number of aromatic nitrogens is 2. The normalized spacial score (nSPS) is 24.5. The number of hydrogen-bond acceptors (Lipinski definition) is 2. The Kier molecular flexibility index (Phi) is 2.98. The molecule has 2 aromatic rings. The average Bonchev–Trinajstić information content (AvgIpc) is 2.81. The van der Waals surface area contributed by atoms with Crippen LogP contribution in [0.2, 0.25) is 0 Å². The SMILES string of the molecule is CCC1CCCCC1n1cnc2cc(N)ccc21. The molecule has 1 fully saturated rings. The summed E-state index contributed by atoms with van der Waals surface area (Å²) in [5.74, 6) is 0.800. The molecule has 1 aliphatic rings. The van der Waals surface area contributed by atoms with Crippen molar-refractivity contribution in [3.8, 4) is 0 Å². The highest BCUT2D eigenvalue weighted by atomic mass is 15.1. The van der Waals surface area contributed by atoms with E-state index in [1.54, 1.807) is 0 Å². The number of hydrogen-bond donors (Lipinski definition) is 1. The minimum atomic E-state index is 0.623. The molecule has 2 N–H and O–H groups in total. The van der Waals surface area contributed by atoms with Crippen molar-refractivity contribution < 1.29 is 0 Å². The van der Waals surface area contributed by atoms with Crippen molar-refractivity contribution in [3.05, 3.63) is 24.5 Å². The summed E-state index contributed by atoms with van der Waals surface area (Å²) in [6, 6.07) is 6.68. The maximum Gasteiger partial charge on any atom is 0.0961 e. The summed E-state index contributed by atoms with van der Waals surface area (Å²) in [5.41, 5.74) is 8.87. The van der Waals surface area contributed by atoms with Crippen LogP contribution in [-0.4, -0.2) is 9.55 Å². The van der Waals surface area contributed by atoms with Crippen molar-refractivity contribution in [2.24, 2.45) is 5.92 Å². The second kappa shape index (κ2) is 4.63. The van der Waals surface area contributed by atoms with Crippen molar-refractivity contribution in [3.63, 3.8) is 0 Å². The lowest BCUT2D eigenvalue weighted by Gasteiger charge is -2.32. The lowest BCUT2D eigenvalue weighted by Crippen LogP contribution is -2.22. The Morgan fingerprint density at radius 3 is 3.00 bits per heavy atom. The number of imidazole rings is 1. The fraction of sp³-hybridized carbons (Fsp3) is 0.533. The quantitative estimate of drug-likeness (QED) is 0.816. The summed E-state index contributed by atoms with van der Waals surface area (Å²) >= 11 is 0. The Bertz CT molecular complexity index is 544. The van der Waals surface area contributed by atoms with Gasteiger partial charge in [-0.3, -0.25) is 0 Å². The van der Waals surface area contributed by atoms with Gasteiger partial charge in [-0.2, -0.15) is 0 Å². The van der Waals surface area contributed by atoms with Crippen molar-refractivity contribution in [2.45, 2.75) is 45.1 Å². The number of nitrogens with zero attached hydrogens (tertiary/aromatic N) is 2. The fourth-order valence-corrected chi connectivity index (χ4v) is 3.34. The van der Waals surface area contributed by atoms with Crippen LogP contribution in [0.1, 0.15) is 45.1 Å². The van der Waals surface area contributed by atoms with E-state index in [0.717, 1.165) is 17.1 Å². The first-order valence-electron chi connectivity index (χ1n) is 7.01. The first-order chi connectivity index (χ1) is 8.79. The van der Waals surface area contributed by atoms with E-state index >= 15 is 0 Å². The first kappa shape index (κ1) is 11.6. The van der Waals surface area contributed by atoms with Crippen LogP contribution >= 0.6 is 0 Å². The molecule has 2 atom stereocenters. The number of anilines is 1. The largest absolute Gasteiger partial charge is 0.399 e. The van der Waals surface area contributed by atoms with Crippen LogP contribution in [0.3, 0.4) is 0 Å². The van der Waals surface area contributed by atoms with Crippen molar-refractivity contribution in [1.82, 2.24) is 9.55 Å². The van der Waals surface area contributed by atoms with Crippen LogP contribution in [-0.2, 0) is 0 Å². The van der Waals surface area contributed by atoms with Crippen LogP contribution in [0.5, 0.6) is 0 Å². The lowest BCUT2D eigenvalue weighted by atomic mass is 9.82. The van der Waals surface area contributed by atoms with E-state index in [4.69, 9.17) is 5.73 Å². The summed E-state index contributed by atoms with van der Waals surface area (Å²) < 4.78 is 2.38. The molecule has 1 saturated carbocycles. The predicted octanol–water partition coefficient (Wildman–Crippen LogP) is 3.76. The van der Waals surface area contributed by atoms with E-state index in [-0.39, 0.29) is 0 Å². The molecule has 0 amide bonds. The van der Waals surface area contributed by atoms with E-state index < -0.39 is 0 Å². The minimum Gasteiger partial charge on any atom is -0.399 e. The number of nitrogens with two attached hydrogens (primary N) is 1. The molecular weight excluding hydrogens is 222 g/mol. The van der Waals surface area contributed by atoms with Gasteiger partial charge in [0.15, 0.2) is 0 Å². The topological polar surface area (TPSA) is 43.8 Å². The van der Waals surface area contributed by atoms with Gasteiger partial charge in [-0.15, -0.1) is 0 Å². The van der Waals surface area contributed by atoms with Gasteiger partial charge in [0.2, 0.25) is 0 Å². The highest BCUT2D eigenvalue weighted by Gasteiger charge is 2.25. The molecule has 2 unspecified atom stereocenters. The van der Waals surface area contributed by atoms with Crippen LogP contribution in [0, 0.1) is 5.92 Å². The Morgan fingerprint density at radius 2 is 2.17 bits per heavy atom. The van der Waals surface area contributed by atoms with Crippen molar-refractivity contribution in [2.75, 3.05) is 5.73 Å². The van der Waals surface area contributed by atoms with Crippen molar-refractivity contribution in [1.29, 1.82) is 0 Å². The third-order valence-corrected chi connectivity index (χ3v) is 4.35. The highest BCUT2D eigenvalue weighted by molar-refractivity contribution is 5.79. The molecule has 18 heavy (non-hydrogen) atoms. The molecule has 1 aliphatic carbocycles. The van der Waals surface area contributed by atoms with Gasteiger partial charge in [0.05, 0.1) is 17.4 Å². The van der Waals surface area contributed by atoms with Gasteiger partial charge >= 0.3 is 0 Å². The Labute approximate surface area is 108 Å². The van der Waals surface area contributed by atoms with Crippen LogP contribution in [0.4, 0.5) is 5.69 Å². The Morgan fingerprint density at radius 1 is 1.33 bits per heavy atom. The van der Waals surface area contributed by atoms with Gasteiger partial charge in [0.1, 0.15) is 0 Å². The van der Waals surface area contributed by atoms with E-state index in [1.807, 2.05) is 18.5 Å². The molecule has 0 aliphatic heterocycles. The zero-order chi connectivity index (χ0) is 12.5. The van der Waals surface area contributed by atoms with Crippen molar-refractivity contribution >= 4 is 16.7 Å². The molecule has 3 rings (SSSR count). The molecule has 1 aromatic heterocycles. The third-order valence-electron chi connectivity index (χ3n) is 4.35. The maximum atomic E-state index is 5.82. The molecule has 0 radical (unpaired) electrons. The van der Waals surface area contributed by atoms with Gasteiger partial charge in [-0.05, 0) is 37.0 Å². The molecule has 3 nitrogen and oxygen atoms in total. The number of rotatable bonds is 2. The first-order valence-corrected chi connectivity index (χ1v) is 7.01. The van der Waals surface area contributed by atoms with Crippen LogP contribution < -0.4 is 5.73 Å². The lowest BCUT2D eigenvalue weighted by molar-refractivity contribution is 0.237. The summed E-state index contributed by atoms with van der Waals surface area (Å²) in [4.78, 5) is 4.51. The Balaban J connectivity index is 2.02. The smallest absolute Gasteiger partial charge is 0.0961 e. The summed E-state index contributed by atoms with van der Waals surface area (Å²) in [5, 5.41) is 0. The molecule has 96 valence electrons. The van der Waals surface area contributed by atoms with Gasteiger partial charge < -0.3 is 10.3 Å². The van der Waals surface area contributed by atoms with Gasteiger partial charge in [-0.1, -0.05) is 26.2 Å².